The van der Waals surface area contributed by atoms with Crippen molar-refractivity contribution in [3.63, 3.8) is 0 Å². The summed E-state index contributed by atoms with van der Waals surface area (Å²) in [6.07, 6.45) is 0.992. The van der Waals surface area contributed by atoms with Gasteiger partial charge in [0.1, 0.15) is 5.82 Å². The summed E-state index contributed by atoms with van der Waals surface area (Å²) in [7, 11) is 0. The van der Waals surface area contributed by atoms with Gasteiger partial charge in [-0.1, -0.05) is 18.2 Å². The van der Waals surface area contributed by atoms with Crippen molar-refractivity contribution >= 4 is 18.3 Å². The third-order valence-electron chi connectivity index (χ3n) is 2.52. The van der Waals surface area contributed by atoms with Gasteiger partial charge in [0.25, 0.3) is 0 Å². The highest BCUT2D eigenvalue weighted by Crippen LogP contribution is 2.31. The molecule has 2 N–H and O–H groups in total. The first-order valence-electron chi connectivity index (χ1n) is 4.51. The van der Waals surface area contributed by atoms with Gasteiger partial charge in [-0.2, -0.15) is 0 Å². The molecule has 0 aliphatic carbocycles. The summed E-state index contributed by atoms with van der Waals surface area (Å²) in [5.74, 6) is 5.11. The average Bonchev–Trinajstić information content (AvgIpc) is 2.49. The second-order valence-corrected chi connectivity index (χ2v) is 3.38. The summed E-state index contributed by atoms with van der Waals surface area (Å²) in [4.78, 5) is 11.1. The largest absolute Gasteiger partial charge is 0.273 e. The fourth-order valence-electron chi connectivity index (χ4n) is 1.75. The van der Waals surface area contributed by atoms with Crippen LogP contribution in [-0.2, 0) is 4.79 Å². The zero-order valence-corrected chi connectivity index (χ0v) is 8.84. The van der Waals surface area contributed by atoms with E-state index in [-0.39, 0.29) is 30.2 Å². The van der Waals surface area contributed by atoms with Crippen molar-refractivity contribution in [2.75, 3.05) is 0 Å². The quantitative estimate of drug-likeness (QED) is 0.591. The molecule has 1 saturated heterocycles. The third kappa shape index (κ3) is 2.11. The molecule has 0 aromatic heterocycles. The van der Waals surface area contributed by atoms with E-state index in [2.05, 4.69) is 0 Å². The standard InChI is InChI=1S/C10H11FN2O.ClH/c11-8-4-2-1-3-7(8)9-5-6-10(14)13(9)12;/h1-4,9H,5-6,12H2;1H. The van der Waals surface area contributed by atoms with Crippen LogP contribution in [0.15, 0.2) is 24.3 Å². The Morgan fingerprint density at radius 1 is 1.40 bits per heavy atom. The van der Waals surface area contributed by atoms with E-state index < -0.39 is 0 Å². The number of hydrogen-bond donors (Lipinski definition) is 1. The minimum absolute atomic E-state index is 0. The molecule has 1 aromatic carbocycles. The van der Waals surface area contributed by atoms with Crippen molar-refractivity contribution < 1.29 is 9.18 Å². The van der Waals surface area contributed by atoms with Crippen molar-refractivity contribution in [2.24, 2.45) is 5.84 Å². The SMILES string of the molecule is Cl.NN1C(=O)CCC1c1ccccc1F. The fourth-order valence-corrected chi connectivity index (χ4v) is 1.75. The molecule has 1 aromatic rings. The molecular formula is C10H12ClFN2O. The number of rotatable bonds is 1. The number of carbonyl (C=O) groups excluding carboxylic acids is 1. The summed E-state index contributed by atoms with van der Waals surface area (Å²) in [6.45, 7) is 0. The zero-order valence-electron chi connectivity index (χ0n) is 8.02. The number of benzene rings is 1. The Morgan fingerprint density at radius 2 is 2.07 bits per heavy atom. The monoisotopic (exact) mass is 230 g/mol. The van der Waals surface area contributed by atoms with Gasteiger partial charge in [0, 0.05) is 12.0 Å². The van der Waals surface area contributed by atoms with Crippen LogP contribution < -0.4 is 5.84 Å². The average molecular weight is 231 g/mol. The Bertz CT molecular complexity index is 372. The maximum Gasteiger partial charge on any atom is 0.237 e. The van der Waals surface area contributed by atoms with E-state index in [4.69, 9.17) is 5.84 Å². The third-order valence-corrected chi connectivity index (χ3v) is 2.52. The molecule has 2 rings (SSSR count). The minimum atomic E-state index is -0.303. The molecule has 1 heterocycles. The van der Waals surface area contributed by atoms with Gasteiger partial charge in [0.2, 0.25) is 5.91 Å². The van der Waals surface area contributed by atoms with E-state index in [1.54, 1.807) is 18.2 Å². The van der Waals surface area contributed by atoms with Gasteiger partial charge in [0.05, 0.1) is 6.04 Å². The predicted octanol–water partition coefficient (Wildman–Crippen LogP) is 1.78. The van der Waals surface area contributed by atoms with E-state index >= 15 is 0 Å². The summed E-state index contributed by atoms with van der Waals surface area (Å²) in [5, 5.41) is 1.12. The van der Waals surface area contributed by atoms with Crippen LogP contribution in [0.5, 0.6) is 0 Å². The molecule has 0 spiro atoms. The summed E-state index contributed by atoms with van der Waals surface area (Å²) < 4.78 is 13.3. The number of nitrogens with two attached hydrogens (primary N) is 1. The molecule has 1 unspecified atom stereocenters. The van der Waals surface area contributed by atoms with Gasteiger partial charge < -0.3 is 0 Å². The van der Waals surface area contributed by atoms with E-state index in [0.29, 0.717) is 18.4 Å². The first-order valence-corrected chi connectivity index (χ1v) is 4.51. The Kier molecular flexibility index (Phi) is 3.66. The van der Waals surface area contributed by atoms with Crippen LogP contribution in [0.4, 0.5) is 4.39 Å². The second-order valence-electron chi connectivity index (χ2n) is 3.38. The van der Waals surface area contributed by atoms with Crippen LogP contribution in [0, 0.1) is 5.82 Å². The Labute approximate surface area is 93.4 Å². The molecule has 0 bridgehead atoms. The molecule has 3 nitrogen and oxygen atoms in total. The van der Waals surface area contributed by atoms with Crippen molar-refractivity contribution in [1.29, 1.82) is 0 Å². The molecule has 1 aliphatic heterocycles. The first kappa shape index (κ1) is 11.9. The maximum absolute atomic E-state index is 13.3. The summed E-state index contributed by atoms with van der Waals surface area (Å²) in [6, 6.07) is 6.11. The van der Waals surface area contributed by atoms with Gasteiger partial charge in [0.15, 0.2) is 0 Å². The van der Waals surface area contributed by atoms with E-state index in [0.717, 1.165) is 5.01 Å². The van der Waals surface area contributed by atoms with Crippen LogP contribution in [-0.4, -0.2) is 10.9 Å². The highest BCUT2D eigenvalue weighted by Gasteiger charge is 2.31. The highest BCUT2D eigenvalue weighted by molar-refractivity contribution is 5.85. The van der Waals surface area contributed by atoms with Crippen molar-refractivity contribution in [3.05, 3.63) is 35.6 Å². The van der Waals surface area contributed by atoms with Crippen LogP contribution >= 0.6 is 12.4 Å². The molecule has 0 radical (unpaired) electrons. The molecule has 15 heavy (non-hydrogen) atoms. The predicted molar refractivity (Wildman–Crippen MR) is 56.7 cm³/mol. The van der Waals surface area contributed by atoms with Gasteiger partial charge in [-0.05, 0) is 12.5 Å². The van der Waals surface area contributed by atoms with Gasteiger partial charge >= 0.3 is 0 Å². The van der Waals surface area contributed by atoms with Crippen LogP contribution in [0.25, 0.3) is 0 Å². The smallest absolute Gasteiger partial charge is 0.237 e. The van der Waals surface area contributed by atoms with Gasteiger partial charge in [-0.3, -0.25) is 9.80 Å². The molecule has 0 saturated carbocycles. The zero-order chi connectivity index (χ0) is 10.1. The van der Waals surface area contributed by atoms with Crippen LogP contribution in [0.2, 0.25) is 0 Å². The number of hydrazine groups is 1. The van der Waals surface area contributed by atoms with Crippen LogP contribution in [0.3, 0.4) is 0 Å². The van der Waals surface area contributed by atoms with Crippen molar-refractivity contribution in [3.8, 4) is 0 Å². The van der Waals surface area contributed by atoms with Crippen molar-refractivity contribution in [2.45, 2.75) is 18.9 Å². The highest BCUT2D eigenvalue weighted by atomic mass is 35.5. The lowest BCUT2D eigenvalue weighted by Gasteiger charge is -2.19. The molecule has 1 aliphatic rings. The molecule has 5 heteroatoms. The molecule has 82 valence electrons. The first-order chi connectivity index (χ1) is 6.70. The maximum atomic E-state index is 13.3. The molecule has 1 fully saturated rings. The number of amides is 1. The molecule has 1 amide bonds. The number of hydrogen-bond acceptors (Lipinski definition) is 2. The lowest BCUT2D eigenvalue weighted by molar-refractivity contribution is -0.129. The van der Waals surface area contributed by atoms with E-state index in [1.165, 1.54) is 6.07 Å². The van der Waals surface area contributed by atoms with Crippen molar-refractivity contribution in [1.82, 2.24) is 5.01 Å². The molecule has 1 atom stereocenters. The summed E-state index contributed by atoms with van der Waals surface area (Å²) in [5.41, 5.74) is 0.501. The lowest BCUT2D eigenvalue weighted by Crippen LogP contribution is -2.34. The second kappa shape index (κ2) is 4.59. The number of carbonyl (C=O) groups is 1. The van der Waals surface area contributed by atoms with E-state index in [9.17, 15) is 9.18 Å². The van der Waals surface area contributed by atoms with Gasteiger partial charge in [-0.15, -0.1) is 12.4 Å². The normalized spacial score (nSPS) is 20.3. The lowest BCUT2D eigenvalue weighted by atomic mass is 10.0. The Balaban J connectivity index is 0.00000112. The number of nitrogens with zero attached hydrogens (tertiary/aromatic N) is 1. The number of halogens is 2. The summed E-state index contributed by atoms with van der Waals surface area (Å²) >= 11 is 0. The molecular weight excluding hydrogens is 219 g/mol. The fraction of sp³-hybridized carbons (Fsp3) is 0.300. The van der Waals surface area contributed by atoms with E-state index in [1.807, 2.05) is 0 Å². The van der Waals surface area contributed by atoms with Gasteiger partial charge in [-0.25, -0.2) is 10.2 Å². The topological polar surface area (TPSA) is 46.3 Å². The minimum Gasteiger partial charge on any atom is -0.273 e. The van der Waals surface area contributed by atoms with Crippen LogP contribution in [0.1, 0.15) is 24.4 Å². The Hall–Kier alpha value is -1.13. The Morgan fingerprint density at radius 3 is 2.60 bits per heavy atom.